The van der Waals surface area contributed by atoms with Gasteiger partial charge in [0.05, 0.1) is 12.8 Å². The number of anilines is 1. The lowest BCUT2D eigenvalue weighted by Gasteiger charge is -2.37. The van der Waals surface area contributed by atoms with Crippen molar-refractivity contribution in [3.8, 4) is 11.5 Å². The molecule has 1 aromatic carbocycles. The second-order valence-corrected chi connectivity index (χ2v) is 8.23. The Labute approximate surface area is 159 Å². The molecule has 1 amide bonds. The number of rotatable bonds is 4. The van der Waals surface area contributed by atoms with Crippen LogP contribution in [0.5, 0.6) is 11.5 Å². The molecule has 2 atom stereocenters. The Hall–Kier alpha value is -1.55. The Bertz CT molecular complexity index is 784. The van der Waals surface area contributed by atoms with E-state index in [0.29, 0.717) is 18.0 Å². The number of halogens is 1. The van der Waals surface area contributed by atoms with Crippen LogP contribution in [0.1, 0.15) is 26.2 Å². The topological polar surface area (TPSA) is 111 Å². The van der Waals surface area contributed by atoms with Gasteiger partial charge in [-0.3, -0.25) is 4.79 Å². The summed E-state index contributed by atoms with van der Waals surface area (Å²) in [5, 5.41) is 2.65. The normalized spacial score (nSPS) is 21.7. The summed E-state index contributed by atoms with van der Waals surface area (Å²) in [7, 11) is -2.42. The second kappa shape index (κ2) is 7.99. The molecule has 0 spiro atoms. The van der Waals surface area contributed by atoms with Crippen molar-refractivity contribution < 1.29 is 22.7 Å². The quantitative estimate of drug-likeness (QED) is 0.781. The summed E-state index contributed by atoms with van der Waals surface area (Å²) < 4.78 is 38.7. The van der Waals surface area contributed by atoms with Gasteiger partial charge in [0.1, 0.15) is 16.4 Å². The Morgan fingerprint density at radius 3 is 2.77 bits per heavy atom. The van der Waals surface area contributed by atoms with Crippen LogP contribution in [0.25, 0.3) is 0 Å². The van der Waals surface area contributed by atoms with Gasteiger partial charge in [-0.1, -0.05) is 6.42 Å². The Balaban J connectivity index is 0.00000243. The zero-order valence-corrected chi connectivity index (χ0v) is 16.4. The maximum Gasteiger partial charge on any atom is 0.262 e. The molecular formula is C16H24ClN3O5S. The van der Waals surface area contributed by atoms with Crippen molar-refractivity contribution in [3.63, 3.8) is 0 Å². The highest BCUT2D eigenvalue weighted by Gasteiger charge is 2.37. The number of fused-ring (bicyclic) bond motifs is 1. The van der Waals surface area contributed by atoms with Gasteiger partial charge >= 0.3 is 0 Å². The molecule has 1 aromatic rings. The summed E-state index contributed by atoms with van der Waals surface area (Å²) in [6.07, 6.45) is 2.48. The van der Waals surface area contributed by atoms with Gasteiger partial charge in [-0.25, -0.2) is 8.42 Å². The second-order valence-electron chi connectivity index (χ2n) is 6.37. The molecule has 2 aliphatic heterocycles. The number of benzene rings is 1. The lowest BCUT2D eigenvalue weighted by atomic mass is 10.00. The molecule has 1 saturated heterocycles. The highest BCUT2D eigenvalue weighted by atomic mass is 35.5. The largest absolute Gasteiger partial charge is 0.495 e. The molecule has 2 heterocycles. The first-order chi connectivity index (χ1) is 11.8. The summed E-state index contributed by atoms with van der Waals surface area (Å²) in [4.78, 5) is 11.5. The Morgan fingerprint density at radius 2 is 2.12 bits per heavy atom. The lowest BCUT2D eigenvalue weighted by molar-refractivity contribution is -0.118. The van der Waals surface area contributed by atoms with Crippen molar-refractivity contribution in [2.24, 2.45) is 5.73 Å². The van der Waals surface area contributed by atoms with Crippen molar-refractivity contribution in [2.75, 3.05) is 25.6 Å². The molecule has 10 heteroatoms. The van der Waals surface area contributed by atoms with Crippen molar-refractivity contribution in [1.29, 1.82) is 0 Å². The van der Waals surface area contributed by atoms with E-state index in [1.165, 1.54) is 23.5 Å². The molecule has 0 aliphatic carbocycles. The van der Waals surface area contributed by atoms with Crippen LogP contribution in [0.2, 0.25) is 0 Å². The molecular weight excluding hydrogens is 382 g/mol. The molecule has 0 saturated carbocycles. The first-order valence-corrected chi connectivity index (χ1v) is 9.70. The van der Waals surface area contributed by atoms with Crippen LogP contribution in [0.3, 0.4) is 0 Å². The van der Waals surface area contributed by atoms with Crippen LogP contribution in [-0.2, 0) is 14.8 Å². The van der Waals surface area contributed by atoms with E-state index in [-0.39, 0.29) is 47.6 Å². The summed E-state index contributed by atoms with van der Waals surface area (Å²) >= 11 is 0. The molecule has 1 fully saturated rings. The molecule has 3 rings (SSSR count). The van der Waals surface area contributed by atoms with Crippen LogP contribution in [-0.4, -0.2) is 51.0 Å². The third-order valence-corrected chi connectivity index (χ3v) is 6.54. The number of nitrogens with one attached hydrogen (secondary N) is 1. The number of hydrogen-bond acceptors (Lipinski definition) is 6. The number of nitrogens with zero attached hydrogens (tertiary/aromatic N) is 1. The van der Waals surface area contributed by atoms with E-state index >= 15 is 0 Å². The number of ether oxygens (including phenoxy) is 2. The number of nitrogens with two attached hydrogens (primary N) is 1. The molecule has 3 N–H and O–H groups in total. The first kappa shape index (κ1) is 20.8. The van der Waals surface area contributed by atoms with Gasteiger partial charge < -0.3 is 20.5 Å². The number of amides is 1. The van der Waals surface area contributed by atoms with Gasteiger partial charge in [-0.15, -0.1) is 12.4 Å². The number of hydrogen-bond donors (Lipinski definition) is 2. The van der Waals surface area contributed by atoms with E-state index in [1.807, 2.05) is 6.92 Å². The highest BCUT2D eigenvalue weighted by Crippen LogP contribution is 2.39. The van der Waals surface area contributed by atoms with Crippen LogP contribution < -0.4 is 20.5 Å². The van der Waals surface area contributed by atoms with Crippen LogP contribution in [0, 0.1) is 0 Å². The third-order valence-electron chi connectivity index (χ3n) is 4.59. The van der Waals surface area contributed by atoms with Crippen LogP contribution in [0.4, 0.5) is 5.69 Å². The van der Waals surface area contributed by atoms with Gasteiger partial charge in [0.25, 0.3) is 5.91 Å². The van der Waals surface area contributed by atoms with E-state index in [4.69, 9.17) is 15.2 Å². The van der Waals surface area contributed by atoms with Crippen molar-refractivity contribution in [3.05, 3.63) is 12.1 Å². The predicted molar refractivity (Wildman–Crippen MR) is 99.5 cm³/mol. The average molecular weight is 406 g/mol. The molecule has 8 nitrogen and oxygen atoms in total. The highest BCUT2D eigenvalue weighted by molar-refractivity contribution is 7.89. The maximum atomic E-state index is 13.3. The fourth-order valence-electron chi connectivity index (χ4n) is 3.33. The smallest absolute Gasteiger partial charge is 0.262 e. The van der Waals surface area contributed by atoms with Gasteiger partial charge in [0, 0.05) is 30.8 Å². The fraction of sp³-hybridized carbons (Fsp3) is 0.562. The van der Waals surface area contributed by atoms with Gasteiger partial charge in [0.15, 0.2) is 6.61 Å². The van der Waals surface area contributed by atoms with Crippen LogP contribution >= 0.6 is 12.4 Å². The molecule has 0 aromatic heterocycles. The standard InChI is InChI=1S/C16H23N3O5S.ClH/c1-10(17)12-5-3-4-6-19(12)25(21,22)15-8-13-11(7-14(15)23-2)18-16(20)9-24-13;/h7-8,10,12H,3-6,9,17H2,1-2H3,(H,18,20);1H. The zero-order chi connectivity index (χ0) is 18.2. The number of carbonyl (C=O) groups is 1. The SMILES string of the molecule is COc1cc2c(cc1S(=O)(=O)N1CCCCC1C(C)N)OCC(=O)N2.Cl. The van der Waals surface area contributed by atoms with E-state index in [2.05, 4.69) is 5.32 Å². The first-order valence-electron chi connectivity index (χ1n) is 8.26. The van der Waals surface area contributed by atoms with E-state index in [0.717, 1.165) is 19.3 Å². The summed E-state index contributed by atoms with van der Waals surface area (Å²) in [5.74, 6) is 0.185. The lowest BCUT2D eigenvalue weighted by Crippen LogP contribution is -2.51. The fourth-order valence-corrected chi connectivity index (χ4v) is 5.26. The molecule has 2 aliphatic rings. The minimum Gasteiger partial charge on any atom is -0.495 e. The minimum absolute atomic E-state index is 0. The predicted octanol–water partition coefficient (Wildman–Crippen LogP) is 1.34. The summed E-state index contributed by atoms with van der Waals surface area (Å²) in [6, 6.07) is 2.37. The number of piperidine rings is 1. The van der Waals surface area contributed by atoms with Crippen molar-refractivity contribution >= 4 is 34.0 Å². The molecule has 2 unspecified atom stereocenters. The maximum absolute atomic E-state index is 13.3. The molecule has 0 radical (unpaired) electrons. The van der Waals surface area contributed by atoms with Crippen molar-refractivity contribution in [2.45, 2.75) is 43.2 Å². The monoisotopic (exact) mass is 405 g/mol. The summed E-state index contributed by atoms with van der Waals surface area (Å²) in [5.41, 5.74) is 6.42. The number of sulfonamides is 1. The van der Waals surface area contributed by atoms with E-state index < -0.39 is 10.0 Å². The molecule has 0 bridgehead atoms. The van der Waals surface area contributed by atoms with Gasteiger partial charge in [-0.05, 0) is 19.8 Å². The number of carbonyl (C=O) groups excluding carboxylic acids is 1. The Kier molecular flexibility index (Phi) is 6.38. The Morgan fingerprint density at radius 1 is 1.38 bits per heavy atom. The molecule has 146 valence electrons. The zero-order valence-electron chi connectivity index (χ0n) is 14.7. The van der Waals surface area contributed by atoms with E-state index in [9.17, 15) is 13.2 Å². The third kappa shape index (κ3) is 3.75. The van der Waals surface area contributed by atoms with Gasteiger partial charge in [0.2, 0.25) is 10.0 Å². The van der Waals surface area contributed by atoms with Gasteiger partial charge in [-0.2, -0.15) is 4.31 Å². The molecule has 26 heavy (non-hydrogen) atoms. The van der Waals surface area contributed by atoms with Crippen LogP contribution in [0.15, 0.2) is 17.0 Å². The minimum atomic E-state index is -3.81. The summed E-state index contributed by atoms with van der Waals surface area (Å²) in [6.45, 7) is 2.10. The average Bonchev–Trinajstić information content (AvgIpc) is 2.60. The number of methoxy groups -OCH3 is 1. The van der Waals surface area contributed by atoms with E-state index in [1.54, 1.807) is 0 Å². The van der Waals surface area contributed by atoms with Crippen molar-refractivity contribution in [1.82, 2.24) is 4.31 Å².